The van der Waals surface area contributed by atoms with Gasteiger partial charge in [-0.3, -0.25) is 9.36 Å². The fourth-order valence-corrected chi connectivity index (χ4v) is 4.04. The maximum absolute atomic E-state index is 13.0. The number of amides is 1. The van der Waals surface area contributed by atoms with E-state index in [1.807, 2.05) is 66.1 Å². The second kappa shape index (κ2) is 8.52. The van der Waals surface area contributed by atoms with Crippen LogP contribution in [0.1, 0.15) is 27.2 Å². The van der Waals surface area contributed by atoms with Crippen molar-refractivity contribution in [1.82, 2.24) is 24.3 Å². The van der Waals surface area contributed by atoms with E-state index in [1.54, 1.807) is 30.2 Å². The predicted octanol–water partition coefficient (Wildman–Crippen LogP) is 5.19. The van der Waals surface area contributed by atoms with Crippen LogP contribution in [-0.2, 0) is 6.54 Å². The van der Waals surface area contributed by atoms with Crippen LogP contribution in [0.25, 0.3) is 16.9 Å². The molecule has 33 heavy (non-hydrogen) atoms. The highest BCUT2D eigenvalue weighted by Gasteiger charge is 2.21. The summed E-state index contributed by atoms with van der Waals surface area (Å²) in [5, 5.41) is 7.64. The number of para-hydroxylation sites is 2. The Morgan fingerprint density at radius 2 is 1.79 bits per heavy atom. The molecule has 164 valence electrons. The number of hydrogen-bond acceptors (Lipinski definition) is 4. The number of fused-ring (bicyclic) bond motifs is 1. The number of rotatable bonds is 5. The summed E-state index contributed by atoms with van der Waals surface area (Å²) in [6, 6.07) is 19.6. The molecule has 3 aromatic heterocycles. The van der Waals surface area contributed by atoms with Crippen LogP contribution in [0.15, 0.2) is 73.2 Å². The van der Waals surface area contributed by atoms with Gasteiger partial charge in [0.15, 0.2) is 0 Å². The number of nitrogens with one attached hydrogen (secondary N) is 1. The number of carbonyl (C=O) groups is 1. The molecule has 0 aliphatic heterocycles. The minimum absolute atomic E-state index is 0.306. The number of aromatic nitrogens is 5. The largest absolute Gasteiger partial charge is 0.320 e. The van der Waals surface area contributed by atoms with Gasteiger partial charge in [0.05, 0.1) is 40.7 Å². The predicted molar refractivity (Wildman–Crippen MR) is 129 cm³/mol. The van der Waals surface area contributed by atoms with Gasteiger partial charge in [-0.25, -0.2) is 14.6 Å². The van der Waals surface area contributed by atoms with Crippen LogP contribution in [0.4, 0.5) is 5.69 Å². The lowest BCUT2D eigenvalue weighted by Gasteiger charge is -2.08. The summed E-state index contributed by atoms with van der Waals surface area (Å²) in [4.78, 5) is 21.8. The fourth-order valence-electron chi connectivity index (χ4n) is 3.72. The third kappa shape index (κ3) is 4.10. The molecule has 1 amide bonds. The lowest BCUT2D eigenvalue weighted by atomic mass is 10.1. The van der Waals surface area contributed by atoms with Gasteiger partial charge < -0.3 is 5.32 Å². The van der Waals surface area contributed by atoms with Gasteiger partial charge in [0.1, 0.15) is 17.3 Å². The molecule has 0 radical (unpaired) electrons. The minimum Gasteiger partial charge on any atom is -0.320 e. The summed E-state index contributed by atoms with van der Waals surface area (Å²) in [5.74, 6) is 0.386. The Balaban J connectivity index is 1.34. The van der Waals surface area contributed by atoms with E-state index >= 15 is 0 Å². The molecule has 0 spiro atoms. The number of aryl methyl sites for hydroxylation is 2. The topological polar surface area (TPSA) is 77.6 Å². The lowest BCUT2D eigenvalue weighted by Crippen LogP contribution is -2.13. The average Bonchev–Trinajstić information content (AvgIpc) is 3.36. The smallest absolute Gasteiger partial charge is 0.260 e. The molecule has 1 N–H and O–H groups in total. The Morgan fingerprint density at radius 1 is 1.00 bits per heavy atom. The average molecular weight is 457 g/mol. The SMILES string of the molecule is Cc1ccc(Cn2nc(C)c(C(=O)Nc3ccc(-n4cnc5ccccc54)nc3)c2Cl)cc1. The molecule has 0 saturated carbocycles. The number of imidazole rings is 1. The van der Waals surface area contributed by atoms with Gasteiger partial charge in [-0.15, -0.1) is 0 Å². The summed E-state index contributed by atoms with van der Waals surface area (Å²) in [7, 11) is 0. The number of carbonyl (C=O) groups excluding carboxylic acids is 1. The molecule has 2 aromatic carbocycles. The van der Waals surface area contributed by atoms with Crippen molar-refractivity contribution < 1.29 is 4.79 Å². The monoisotopic (exact) mass is 456 g/mol. The van der Waals surface area contributed by atoms with Crippen LogP contribution >= 0.6 is 11.6 Å². The lowest BCUT2D eigenvalue weighted by molar-refractivity contribution is 0.102. The Bertz CT molecular complexity index is 1450. The molecular weight excluding hydrogens is 436 g/mol. The van der Waals surface area contributed by atoms with Crippen molar-refractivity contribution in [2.45, 2.75) is 20.4 Å². The summed E-state index contributed by atoms with van der Waals surface area (Å²) < 4.78 is 3.54. The molecular formula is C25H21ClN6O. The van der Waals surface area contributed by atoms with E-state index in [0.29, 0.717) is 34.5 Å². The highest BCUT2D eigenvalue weighted by atomic mass is 35.5. The summed E-state index contributed by atoms with van der Waals surface area (Å²) in [5.41, 5.74) is 5.59. The van der Waals surface area contributed by atoms with E-state index in [2.05, 4.69) is 20.4 Å². The van der Waals surface area contributed by atoms with E-state index in [9.17, 15) is 4.79 Å². The van der Waals surface area contributed by atoms with E-state index in [4.69, 9.17) is 11.6 Å². The first-order valence-electron chi connectivity index (χ1n) is 10.5. The maximum atomic E-state index is 13.0. The van der Waals surface area contributed by atoms with Gasteiger partial charge in [0.2, 0.25) is 0 Å². The second-order valence-electron chi connectivity index (χ2n) is 7.86. The number of halogens is 1. The highest BCUT2D eigenvalue weighted by Crippen LogP contribution is 2.23. The zero-order valence-corrected chi connectivity index (χ0v) is 18.9. The fraction of sp³-hybridized carbons (Fsp3) is 0.120. The molecule has 8 heteroatoms. The first-order valence-corrected chi connectivity index (χ1v) is 10.9. The van der Waals surface area contributed by atoms with Gasteiger partial charge in [0, 0.05) is 0 Å². The zero-order chi connectivity index (χ0) is 22.9. The molecule has 0 atom stereocenters. The third-order valence-electron chi connectivity index (χ3n) is 5.45. The van der Waals surface area contributed by atoms with E-state index < -0.39 is 0 Å². The quantitative estimate of drug-likeness (QED) is 0.395. The Kier molecular flexibility index (Phi) is 5.40. The van der Waals surface area contributed by atoms with Crippen LogP contribution in [-0.4, -0.2) is 30.2 Å². The Morgan fingerprint density at radius 3 is 2.55 bits per heavy atom. The molecule has 0 aliphatic rings. The summed E-state index contributed by atoms with van der Waals surface area (Å²) in [6.45, 7) is 4.30. The number of nitrogens with zero attached hydrogens (tertiary/aromatic N) is 5. The van der Waals surface area contributed by atoms with Gasteiger partial charge in [-0.05, 0) is 43.7 Å². The van der Waals surface area contributed by atoms with Crippen molar-refractivity contribution in [2.75, 3.05) is 5.32 Å². The number of anilines is 1. The van der Waals surface area contributed by atoms with Crippen LogP contribution in [0.2, 0.25) is 5.15 Å². The first-order chi connectivity index (χ1) is 16.0. The van der Waals surface area contributed by atoms with E-state index in [0.717, 1.165) is 16.6 Å². The van der Waals surface area contributed by atoms with Crippen LogP contribution in [0.3, 0.4) is 0 Å². The van der Waals surface area contributed by atoms with Crippen molar-refractivity contribution in [3.63, 3.8) is 0 Å². The van der Waals surface area contributed by atoms with Gasteiger partial charge in [0.25, 0.3) is 5.91 Å². The van der Waals surface area contributed by atoms with Crippen molar-refractivity contribution >= 4 is 34.2 Å². The third-order valence-corrected chi connectivity index (χ3v) is 5.84. The number of benzene rings is 2. The van der Waals surface area contributed by atoms with Crippen LogP contribution in [0, 0.1) is 13.8 Å². The van der Waals surface area contributed by atoms with Crippen LogP contribution in [0.5, 0.6) is 0 Å². The Labute approximate surface area is 195 Å². The first kappa shape index (κ1) is 20.9. The normalized spacial score (nSPS) is 11.1. The van der Waals surface area contributed by atoms with E-state index in [-0.39, 0.29) is 5.91 Å². The van der Waals surface area contributed by atoms with Crippen LogP contribution < -0.4 is 5.32 Å². The van der Waals surface area contributed by atoms with Crippen molar-refractivity contribution in [1.29, 1.82) is 0 Å². The molecule has 0 bridgehead atoms. The van der Waals surface area contributed by atoms with Gasteiger partial charge in [-0.1, -0.05) is 53.6 Å². The molecule has 0 fully saturated rings. The van der Waals surface area contributed by atoms with Crippen molar-refractivity contribution in [2.24, 2.45) is 0 Å². The molecule has 0 aliphatic carbocycles. The summed E-state index contributed by atoms with van der Waals surface area (Å²) >= 11 is 6.53. The van der Waals surface area contributed by atoms with Gasteiger partial charge >= 0.3 is 0 Å². The second-order valence-corrected chi connectivity index (χ2v) is 8.21. The molecule has 5 aromatic rings. The maximum Gasteiger partial charge on any atom is 0.260 e. The number of pyridine rings is 1. The zero-order valence-electron chi connectivity index (χ0n) is 18.2. The molecule has 7 nitrogen and oxygen atoms in total. The Hall–Kier alpha value is -3.97. The highest BCUT2D eigenvalue weighted by molar-refractivity contribution is 6.33. The molecule has 0 unspecified atom stereocenters. The molecule has 0 saturated heterocycles. The minimum atomic E-state index is -0.324. The summed E-state index contributed by atoms with van der Waals surface area (Å²) in [6.07, 6.45) is 3.35. The molecule has 3 heterocycles. The van der Waals surface area contributed by atoms with Crippen molar-refractivity contribution in [3.05, 3.63) is 101 Å². The van der Waals surface area contributed by atoms with E-state index in [1.165, 1.54) is 5.56 Å². The van der Waals surface area contributed by atoms with Gasteiger partial charge in [-0.2, -0.15) is 5.10 Å². The molecule has 5 rings (SSSR count). The van der Waals surface area contributed by atoms with Crippen molar-refractivity contribution in [3.8, 4) is 5.82 Å². The number of hydrogen-bond donors (Lipinski definition) is 1. The standard InChI is InChI=1S/C25H21ClN6O/c1-16-7-9-18(10-8-16)14-32-24(26)23(17(2)30-32)25(33)29-19-11-12-22(27-13-19)31-15-28-20-5-3-4-6-21(20)31/h3-13,15H,14H2,1-2H3,(H,29,33).